The molecular formula is C25H19F4N3O. The van der Waals surface area contributed by atoms with E-state index in [0.29, 0.717) is 41.8 Å². The van der Waals surface area contributed by atoms with E-state index in [9.17, 15) is 22.4 Å². The molecule has 0 radical (unpaired) electrons. The Bertz CT molecular complexity index is 1320. The molecule has 1 amide bonds. The summed E-state index contributed by atoms with van der Waals surface area (Å²) in [6, 6.07) is 14.9. The molecule has 1 fully saturated rings. The van der Waals surface area contributed by atoms with Crippen molar-refractivity contribution >= 4 is 16.9 Å². The number of hydrogen-bond acceptors (Lipinski definition) is 2. The Balaban J connectivity index is 1.45. The van der Waals surface area contributed by atoms with E-state index in [1.807, 2.05) is 34.9 Å². The monoisotopic (exact) mass is 453 g/mol. The van der Waals surface area contributed by atoms with Crippen LogP contribution in [0.15, 0.2) is 60.7 Å². The Morgan fingerprint density at radius 1 is 0.848 bits per heavy atom. The first-order valence-corrected chi connectivity index (χ1v) is 10.6. The molecule has 4 nitrogen and oxygen atoms in total. The SMILES string of the molecule is O=C(c1c(F)cc(F)cc1F)N1CCC(n2c(-c3ccccc3)nc3ccc(F)cc32)CC1. The molecule has 0 atom stereocenters. The predicted octanol–water partition coefficient (Wildman–Crippen LogP) is 5.74. The number of halogens is 4. The van der Waals surface area contributed by atoms with Gasteiger partial charge >= 0.3 is 0 Å². The van der Waals surface area contributed by atoms with E-state index in [1.165, 1.54) is 17.0 Å². The van der Waals surface area contributed by atoms with Gasteiger partial charge < -0.3 is 9.47 Å². The van der Waals surface area contributed by atoms with Crippen molar-refractivity contribution < 1.29 is 22.4 Å². The van der Waals surface area contributed by atoms with Crippen molar-refractivity contribution in [1.82, 2.24) is 14.5 Å². The summed E-state index contributed by atoms with van der Waals surface area (Å²) in [5.74, 6) is -4.01. The van der Waals surface area contributed by atoms with Crippen LogP contribution in [-0.4, -0.2) is 33.4 Å². The third kappa shape index (κ3) is 3.86. The Morgan fingerprint density at radius 2 is 1.52 bits per heavy atom. The minimum Gasteiger partial charge on any atom is -0.338 e. The van der Waals surface area contributed by atoms with E-state index in [0.717, 1.165) is 5.56 Å². The summed E-state index contributed by atoms with van der Waals surface area (Å²) in [7, 11) is 0. The summed E-state index contributed by atoms with van der Waals surface area (Å²) < 4.78 is 57.4. The third-order valence-corrected chi connectivity index (χ3v) is 6.02. The lowest BCUT2D eigenvalue weighted by atomic mass is 10.0. The van der Waals surface area contributed by atoms with Gasteiger partial charge in [0.1, 0.15) is 34.7 Å². The van der Waals surface area contributed by atoms with Crippen LogP contribution >= 0.6 is 0 Å². The maximum atomic E-state index is 14.1. The summed E-state index contributed by atoms with van der Waals surface area (Å²) in [5, 5.41) is 0. The Morgan fingerprint density at radius 3 is 2.18 bits per heavy atom. The number of carbonyl (C=O) groups excluding carboxylic acids is 1. The van der Waals surface area contributed by atoms with Gasteiger partial charge in [0.2, 0.25) is 0 Å². The number of aromatic nitrogens is 2. The molecule has 1 aliphatic rings. The zero-order chi connectivity index (χ0) is 23.1. The summed E-state index contributed by atoms with van der Waals surface area (Å²) in [6.07, 6.45) is 0.968. The molecule has 4 aromatic rings. The van der Waals surface area contributed by atoms with Gasteiger partial charge in [0, 0.05) is 36.8 Å². The molecule has 3 aromatic carbocycles. The van der Waals surface area contributed by atoms with Crippen molar-refractivity contribution in [3.63, 3.8) is 0 Å². The molecule has 33 heavy (non-hydrogen) atoms. The van der Waals surface area contributed by atoms with Gasteiger partial charge in [0.05, 0.1) is 11.0 Å². The third-order valence-electron chi connectivity index (χ3n) is 6.02. The van der Waals surface area contributed by atoms with Crippen molar-refractivity contribution in [3.8, 4) is 11.4 Å². The number of piperidine rings is 1. The quantitative estimate of drug-likeness (QED) is 0.371. The molecule has 1 aliphatic heterocycles. The van der Waals surface area contributed by atoms with Gasteiger partial charge in [-0.3, -0.25) is 4.79 Å². The van der Waals surface area contributed by atoms with Crippen LogP contribution in [0.2, 0.25) is 0 Å². The Hall–Kier alpha value is -3.68. The normalized spacial score (nSPS) is 14.7. The molecule has 168 valence electrons. The van der Waals surface area contributed by atoms with Gasteiger partial charge in [0.25, 0.3) is 5.91 Å². The second-order valence-electron chi connectivity index (χ2n) is 8.07. The molecule has 0 saturated carbocycles. The average Bonchev–Trinajstić information content (AvgIpc) is 3.17. The topological polar surface area (TPSA) is 38.1 Å². The minimum atomic E-state index is -1.22. The molecule has 0 aliphatic carbocycles. The number of hydrogen-bond donors (Lipinski definition) is 0. The molecule has 1 saturated heterocycles. The summed E-state index contributed by atoms with van der Waals surface area (Å²) in [4.78, 5) is 18.8. The van der Waals surface area contributed by atoms with Crippen molar-refractivity contribution in [3.05, 3.63) is 89.5 Å². The number of nitrogens with zero attached hydrogens (tertiary/aromatic N) is 3. The van der Waals surface area contributed by atoms with Crippen LogP contribution in [-0.2, 0) is 0 Å². The van der Waals surface area contributed by atoms with E-state index in [1.54, 1.807) is 6.07 Å². The van der Waals surface area contributed by atoms with E-state index in [4.69, 9.17) is 4.98 Å². The molecule has 0 bridgehead atoms. The maximum Gasteiger partial charge on any atom is 0.259 e. The van der Waals surface area contributed by atoms with Crippen LogP contribution in [0.3, 0.4) is 0 Å². The van der Waals surface area contributed by atoms with Gasteiger partial charge in [-0.25, -0.2) is 22.5 Å². The predicted molar refractivity (Wildman–Crippen MR) is 116 cm³/mol. The van der Waals surface area contributed by atoms with E-state index in [2.05, 4.69) is 0 Å². The van der Waals surface area contributed by atoms with Crippen molar-refractivity contribution in [2.75, 3.05) is 13.1 Å². The van der Waals surface area contributed by atoms with Gasteiger partial charge in [-0.2, -0.15) is 0 Å². The first-order chi connectivity index (χ1) is 15.9. The lowest BCUT2D eigenvalue weighted by molar-refractivity contribution is 0.0686. The second-order valence-corrected chi connectivity index (χ2v) is 8.07. The Labute approximate surface area is 187 Å². The highest BCUT2D eigenvalue weighted by Crippen LogP contribution is 2.34. The zero-order valence-electron chi connectivity index (χ0n) is 17.4. The van der Waals surface area contributed by atoms with Crippen LogP contribution in [0, 0.1) is 23.3 Å². The fraction of sp³-hybridized carbons (Fsp3) is 0.200. The summed E-state index contributed by atoms with van der Waals surface area (Å²) >= 11 is 0. The van der Waals surface area contributed by atoms with Crippen LogP contribution in [0.4, 0.5) is 17.6 Å². The van der Waals surface area contributed by atoms with E-state index in [-0.39, 0.29) is 24.9 Å². The number of rotatable bonds is 3. The summed E-state index contributed by atoms with van der Waals surface area (Å²) in [5.41, 5.74) is 1.43. The van der Waals surface area contributed by atoms with Crippen LogP contribution in [0.5, 0.6) is 0 Å². The van der Waals surface area contributed by atoms with Crippen molar-refractivity contribution in [1.29, 1.82) is 0 Å². The standard InChI is InChI=1S/C25H19F4N3O/c26-16-6-7-21-22(14-16)32(24(30-21)15-4-2-1-3-5-15)18-8-10-31(11-9-18)25(33)23-19(28)12-17(27)13-20(23)29/h1-7,12-14,18H,8-11H2. The zero-order valence-corrected chi connectivity index (χ0v) is 17.4. The first kappa shape index (κ1) is 21.2. The van der Waals surface area contributed by atoms with Gasteiger partial charge in [-0.15, -0.1) is 0 Å². The van der Waals surface area contributed by atoms with Gasteiger partial charge in [-0.05, 0) is 31.0 Å². The lowest BCUT2D eigenvalue weighted by Crippen LogP contribution is -2.40. The van der Waals surface area contributed by atoms with Gasteiger partial charge in [-0.1, -0.05) is 30.3 Å². The van der Waals surface area contributed by atoms with Gasteiger partial charge in [0.15, 0.2) is 0 Å². The molecule has 0 spiro atoms. The van der Waals surface area contributed by atoms with Crippen LogP contribution < -0.4 is 0 Å². The van der Waals surface area contributed by atoms with Crippen molar-refractivity contribution in [2.45, 2.75) is 18.9 Å². The Kier molecular flexibility index (Phi) is 5.36. The first-order valence-electron chi connectivity index (χ1n) is 10.6. The number of amides is 1. The number of fused-ring (bicyclic) bond motifs is 1. The number of carbonyl (C=O) groups is 1. The summed E-state index contributed by atoms with van der Waals surface area (Å²) in [6.45, 7) is 0.478. The number of likely N-dealkylation sites (tertiary alicyclic amines) is 1. The largest absolute Gasteiger partial charge is 0.338 e. The van der Waals surface area contributed by atoms with Crippen LogP contribution in [0.25, 0.3) is 22.4 Å². The minimum absolute atomic E-state index is 0.0982. The van der Waals surface area contributed by atoms with E-state index < -0.39 is 28.9 Å². The second kappa shape index (κ2) is 8.35. The molecule has 5 rings (SSSR count). The van der Waals surface area contributed by atoms with E-state index >= 15 is 0 Å². The van der Waals surface area contributed by atoms with Crippen LogP contribution in [0.1, 0.15) is 29.2 Å². The van der Waals surface area contributed by atoms with Crippen molar-refractivity contribution in [2.24, 2.45) is 0 Å². The molecule has 8 heteroatoms. The fourth-order valence-electron chi connectivity index (χ4n) is 4.46. The lowest BCUT2D eigenvalue weighted by Gasteiger charge is -2.34. The molecule has 0 unspecified atom stereocenters. The molecule has 2 heterocycles. The number of imidazole rings is 1. The average molecular weight is 453 g/mol. The highest BCUT2D eigenvalue weighted by atomic mass is 19.1. The fourth-order valence-corrected chi connectivity index (χ4v) is 4.46. The highest BCUT2D eigenvalue weighted by molar-refractivity contribution is 5.95. The smallest absolute Gasteiger partial charge is 0.259 e. The molecule has 1 aromatic heterocycles. The molecule has 0 N–H and O–H groups in total. The number of benzene rings is 3. The highest BCUT2D eigenvalue weighted by Gasteiger charge is 2.30. The molecular weight excluding hydrogens is 434 g/mol. The maximum absolute atomic E-state index is 14.1.